The molecule has 118 valence electrons. The highest BCUT2D eigenvalue weighted by atomic mass is 32.2. The summed E-state index contributed by atoms with van der Waals surface area (Å²) in [6, 6.07) is 0. The lowest BCUT2D eigenvalue weighted by atomic mass is 10.00. The van der Waals surface area contributed by atoms with Crippen molar-refractivity contribution < 1.29 is 26.4 Å². The predicted octanol–water partition coefficient (Wildman–Crippen LogP) is 0.566. The SMILES string of the molecule is COC(=O)C(C)CS(=O)(=O)C1CCCC(S(C)(=O)=O)C1. The molecular formula is C12H22O6S2. The summed E-state index contributed by atoms with van der Waals surface area (Å²) in [6.45, 7) is 1.50. The molecule has 0 aliphatic heterocycles. The van der Waals surface area contributed by atoms with Crippen LogP contribution in [0.2, 0.25) is 0 Å². The van der Waals surface area contributed by atoms with Crippen LogP contribution in [0, 0.1) is 5.92 Å². The monoisotopic (exact) mass is 326 g/mol. The van der Waals surface area contributed by atoms with Crippen molar-refractivity contribution in [3.8, 4) is 0 Å². The topological polar surface area (TPSA) is 94.6 Å². The highest BCUT2D eigenvalue weighted by Gasteiger charge is 2.37. The number of carbonyl (C=O) groups excluding carboxylic acids is 1. The Morgan fingerprint density at radius 2 is 1.75 bits per heavy atom. The lowest BCUT2D eigenvalue weighted by molar-refractivity contribution is -0.144. The third-order valence-electron chi connectivity index (χ3n) is 3.78. The average molecular weight is 326 g/mol. The molecule has 1 rings (SSSR count). The minimum atomic E-state index is -3.50. The highest BCUT2D eigenvalue weighted by molar-refractivity contribution is 7.92. The minimum Gasteiger partial charge on any atom is -0.469 e. The molecule has 0 heterocycles. The second-order valence-electron chi connectivity index (χ2n) is 5.49. The van der Waals surface area contributed by atoms with E-state index in [4.69, 9.17) is 0 Å². The summed E-state index contributed by atoms with van der Waals surface area (Å²) in [5, 5.41) is -1.27. The average Bonchev–Trinajstić information content (AvgIpc) is 2.36. The van der Waals surface area contributed by atoms with Crippen molar-refractivity contribution in [3.63, 3.8) is 0 Å². The summed E-state index contributed by atoms with van der Waals surface area (Å²) < 4.78 is 52.2. The molecule has 6 nitrogen and oxygen atoms in total. The number of ether oxygens (including phenoxy) is 1. The third-order valence-corrected chi connectivity index (χ3v) is 7.82. The number of carbonyl (C=O) groups is 1. The molecule has 0 N–H and O–H groups in total. The number of rotatable bonds is 5. The molecule has 1 aliphatic carbocycles. The zero-order valence-electron chi connectivity index (χ0n) is 12.0. The Balaban J connectivity index is 2.80. The zero-order valence-corrected chi connectivity index (χ0v) is 13.7. The van der Waals surface area contributed by atoms with Crippen LogP contribution in [0.1, 0.15) is 32.6 Å². The molecule has 0 radical (unpaired) electrons. The molecule has 0 aromatic carbocycles. The summed E-state index contributed by atoms with van der Waals surface area (Å²) in [5.41, 5.74) is 0. The molecule has 0 aromatic heterocycles. The lowest BCUT2D eigenvalue weighted by Crippen LogP contribution is -2.37. The number of hydrogen-bond donors (Lipinski definition) is 0. The van der Waals surface area contributed by atoms with Crippen molar-refractivity contribution in [3.05, 3.63) is 0 Å². The third kappa shape index (κ3) is 4.44. The fourth-order valence-electron chi connectivity index (χ4n) is 2.57. The van der Waals surface area contributed by atoms with Gasteiger partial charge in [0.05, 0.1) is 29.3 Å². The number of methoxy groups -OCH3 is 1. The standard InChI is InChI=1S/C12H22O6S2/c1-9(12(13)18-2)8-20(16,17)11-6-4-5-10(7-11)19(3,14)15/h9-11H,4-8H2,1-3H3. The van der Waals surface area contributed by atoms with E-state index in [1.54, 1.807) is 0 Å². The fourth-order valence-corrected chi connectivity index (χ4v) is 6.03. The van der Waals surface area contributed by atoms with Crippen LogP contribution in [0.15, 0.2) is 0 Å². The van der Waals surface area contributed by atoms with Crippen molar-refractivity contribution in [1.82, 2.24) is 0 Å². The zero-order chi connectivity index (χ0) is 15.6. The smallest absolute Gasteiger partial charge is 0.309 e. The number of esters is 1. The maximum atomic E-state index is 12.3. The van der Waals surface area contributed by atoms with Crippen LogP contribution >= 0.6 is 0 Å². The predicted molar refractivity (Wildman–Crippen MR) is 75.9 cm³/mol. The van der Waals surface area contributed by atoms with Gasteiger partial charge in [0.15, 0.2) is 9.84 Å². The van der Waals surface area contributed by atoms with Crippen molar-refractivity contribution in [2.75, 3.05) is 19.1 Å². The van der Waals surface area contributed by atoms with E-state index in [-0.39, 0.29) is 12.2 Å². The van der Waals surface area contributed by atoms with E-state index in [2.05, 4.69) is 4.74 Å². The van der Waals surface area contributed by atoms with Crippen LogP contribution < -0.4 is 0 Å². The Morgan fingerprint density at radius 1 is 1.20 bits per heavy atom. The van der Waals surface area contributed by atoms with Crippen LogP contribution in [0.5, 0.6) is 0 Å². The van der Waals surface area contributed by atoms with Gasteiger partial charge in [-0.3, -0.25) is 4.79 Å². The molecule has 0 aromatic rings. The van der Waals surface area contributed by atoms with E-state index < -0.39 is 42.1 Å². The van der Waals surface area contributed by atoms with E-state index in [1.165, 1.54) is 14.0 Å². The first-order chi connectivity index (χ1) is 9.08. The van der Waals surface area contributed by atoms with E-state index in [1.807, 2.05) is 0 Å². The van der Waals surface area contributed by atoms with Crippen molar-refractivity contribution in [2.24, 2.45) is 5.92 Å². The molecule has 20 heavy (non-hydrogen) atoms. The molecule has 0 saturated heterocycles. The number of hydrogen-bond acceptors (Lipinski definition) is 6. The van der Waals surface area contributed by atoms with E-state index in [9.17, 15) is 21.6 Å². The second-order valence-corrected chi connectivity index (χ2v) is 10.1. The largest absolute Gasteiger partial charge is 0.469 e. The van der Waals surface area contributed by atoms with Crippen LogP contribution in [-0.4, -0.2) is 52.4 Å². The van der Waals surface area contributed by atoms with Crippen molar-refractivity contribution >= 4 is 25.6 Å². The molecule has 1 fully saturated rings. The fraction of sp³-hybridized carbons (Fsp3) is 0.917. The second kappa shape index (κ2) is 6.43. The van der Waals surface area contributed by atoms with Crippen molar-refractivity contribution in [2.45, 2.75) is 43.1 Å². The Labute approximate surface area is 120 Å². The minimum absolute atomic E-state index is 0.134. The van der Waals surface area contributed by atoms with Gasteiger partial charge >= 0.3 is 5.97 Å². The van der Waals surface area contributed by atoms with Crippen LogP contribution in [0.25, 0.3) is 0 Å². The molecule has 0 spiro atoms. The summed E-state index contributed by atoms with van der Waals surface area (Å²) in [7, 11) is -5.51. The van der Waals surface area contributed by atoms with Gasteiger partial charge in [-0.2, -0.15) is 0 Å². The van der Waals surface area contributed by atoms with Gasteiger partial charge in [-0.25, -0.2) is 16.8 Å². The van der Waals surface area contributed by atoms with Gasteiger partial charge in [0, 0.05) is 6.26 Å². The maximum Gasteiger partial charge on any atom is 0.309 e. The lowest BCUT2D eigenvalue weighted by Gasteiger charge is -2.28. The van der Waals surface area contributed by atoms with Crippen LogP contribution in [0.3, 0.4) is 0 Å². The molecule has 8 heteroatoms. The van der Waals surface area contributed by atoms with Gasteiger partial charge in [-0.15, -0.1) is 0 Å². The van der Waals surface area contributed by atoms with Gasteiger partial charge in [0.25, 0.3) is 0 Å². The van der Waals surface area contributed by atoms with Gasteiger partial charge in [0.2, 0.25) is 0 Å². The van der Waals surface area contributed by atoms with Gasteiger partial charge in [0.1, 0.15) is 9.84 Å². The highest BCUT2D eigenvalue weighted by Crippen LogP contribution is 2.29. The van der Waals surface area contributed by atoms with Gasteiger partial charge < -0.3 is 4.74 Å². The summed E-state index contributed by atoms with van der Waals surface area (Å²) >= 11 is 0. The summed E-state index contributed by atoms with van der Waals surface area (Å²) in [6.07, 6.45) is 2.83. The van der Waals surface area contributed by atoms with E-state index in [0.717, 1.165) is 6.26 Å². The van der Waals surface area contributed by atoms with Gasteiger partial charge in [-0.05, 0) is 19.3 Å². The molecule has 0 amide bonds. The van der Waals surface area contributed by atoms with Gasteiger partial charge in [-0.1, -0.05) is 13.3 Å². The first kappa shape index (κ1) is 17.4. The quantitative estimate of drug-likeness (QED) is 0.685. The first-order valence-electron chi connectivity index (χ1n) is 6.56. The van der Waals surface area contributed by atoms with E-state index in [0.29, 0.717) is 19.3 Å². The molecular weight excluding hydrogens is 304 g/mol. The van der Waals surface area contributed by atoms with Crippen LogP contribution in [-0.2, 0) is 29.2 Å². The molecule has 3 atom stereocenters. The maximum absolute atomic E-state index is 12.3. The Bertz CT molecular complexity index is 548. The normalized spacial score (nSPS) is 25.9. The number of sulfone groups is 2. The summed E-state index contributed by atoms with van der Waals surface area (Å²) in [5.74, 6) is -1.59. The summed E-state index contributed by atoms with van der Waals surface area (Å²) in [4.78, 5) is 11.3. The molecule has 0 bridgehead atoms. The first-order valence-corrected chi connectivity index (χ1v) is 10.2. The molecule has 1 aliphatic rings. The Kier molecular flexibility index (Phi) is 5.60. The molecule has 1 saturated carbocycles. The Morgan fingerprint density at radius 3 is 2.25 bits per heavy atom. The van der Waals surface area contributed by atoms with Crippen LogP contribution in [0.4, 0.5) is 0 Å². The van der Waals surface area contributed by atoms with E-state index >= 15 is 0 Å². The van der Waals surface area contributed by atoms with Crippen molar-refractivity contribution in [1.29, 1.82) is 0 Å². The Hall–Kier alpha value is -0.630. The molecule has 3 unspecified atom stereocenters.